The fraction of sp³-hybridized carbons (Fsp3) is 0.312. The van der Waals surface area contributed by atoms with Crippen molar-refractivity contribution in [3.05, 3.63) is 48.2 Å². The third-order valence-electron chi connectivity index (χ3n) is 3.18. The lowest BCUT2D eigenvalue weighted by Gasteiger charge is -2.09. The third-order valence-corrected chi connectivity index (χ3v) is 4.58. The molecule has 1 aromatic carbocycles. The molecule has 2 rings (SSSR count). The number of nitrogens with zero attached hydrogens (tertiary/aromatic N) is 1. The molecule has 1 heterocycles. The minimum absolute atomic E-state index is 0.227. The van der Waals surface area contributed by atoms with Crippen LogP contribution in [0.25, 0.3) is 0 Å². The second-order valence-corrected chi connectivity index (χ2v) is 6.81. The Kier molecular flexibility index (Phi) is 5.95. The van der Waals surface area contributed by atoms with Gasteiger partial charge in [-0.3, -0.25) is 4.72 Å². The Morgan fingerprint density at radius 2 is 1.87 bits per heavy atom. The fourth-order valence-electron chi connectivity index (χ4n) is 1.92. The predicted molar refractivity (Wildman–Crippen MR) is 91.2 cm³/mol. The smallest absolute Gasteiger partial charge is 0.261 e. The second kappa shape index (κ2) is 7.94. The molecule has 0 unspecified atom stereocenters. The van der Waals surface area contributed by atoms with Crippen molar-refractivity contribution in [2.24, 2.45) is 0 Å². The summed E-state index contributed by atoms with van der Waals surface area (Å²) in [4.78, 5) is 4.42. The molecule has 0 amide bonds. The first kappa shape index (κ1) is 17.2. The van der Waals surface area contributed by atoms with Gasteiger partial charge in [-0.1, -0.05) is 17.7 Å². The zero-order valence-corrected chi connectivity index (χ0v) is 14.1. The lowest BCUT2D eigenvalue weighted by molar-refractivity contribution is 0.198. The van der Waals surface area contributed by atoms with E-state index in [1.54, 1.807) is 43.5 Å². The molecule has 0 saturated carbocycles. The van der Waals surface area contributed by atoms with Crippen LogP contribution in [0, 0.1) is 6.92 Å². The molecule has 23 heavy (non-hydrogen) atoms. The Balaban J connectivity index is 1.98. The van der Waals surface area contributed by atoms with Gasteiger partial charge in [-0.2, -0.15) is 0 Å². The molecule has 0 aliphatic rings. The van der Waals surface area contributed by atoms with Gasteiger partial charge in [0.25, 0.3) is 10.0 Å². The Bertz CT molecular complexity index is 713. The van der Waals surface area contributed by atoms with Gasteiger partial charge in [-0.05, 0) is 37.6 Å². The van der Waals surface area contributed by atoms with E-state index in [9.17, 15) is 8.42 Å². The monoisotopic (exact) mass is 335 g/mol. The summed E-state index contributed by atoms with van der Waals surface area (Å²) in [5, 5.41) is 3.14. The van der Waals surface area contributed by atoms with Gasteiger partial charge in [-0.25, -0.2) is 13.4 Å². The number of methoxy groups -OCH3 is 1. The quantitative estimate of drug-likeness (QED) is 0.725. The van der Waals surface area contributed by atoms with E-state index in [0.29, 0.717) is 18.1 Å². The number of aromatic nitrogens is 1. The van der Waals surface area contributed by atoms with Crippen LogP contribution in [0.1, 0.15) is 12.0 Å². The summed E-state index contributed by atoms with van der Waals surface area (Å²) < 4.78 is 32.0. The van der Waals surface area contributed by atoms with E-state index in [2.05, 4.69) is 15.0 Å². The molecule has 1 aromatic heterocycles. The minimum atomic E-state index is -3.59. The topological polar surface area (TPSA) is 80.3 Å². The number of benzene rings is 1. The van der Waals surface area contributed by atoms with Crippen LogP contribution < -0.4 is 10.0 Å². The molecule has 124 valence electrons. The number of pyridine rings is 1. The third kappa shape index (κ3) is 5.22. The Hall–Kier alpha value is -2.12. The number of hydrogen-bond donors (Lipinski definition) is 2. The first-order chi connectivity index (χ1) is 11.0. The maximum absolute atomic E-state index is 12.3. The number of rotatable bonds is 8. The normalized spacial score (nSPS) is 11.2. The Morgan fingerprint density at radius 3 is 2.48 bits per heavy atom. The van der Waals surface area contributed by atoms with E-state index in [4.69, 9.17) is 4.74 Å². The highest BCUT2D eigenvalue weighted by Crippen LogP contribution is 2.17. The van der Waals surface area contributed by atoms with Gasteiger partial charge in [0, 0.05) is 20.3 Å². The van der Waals surface area contributed by atoms with Crippen molar-refractivity contribution in [3.63, 3.8) is 0 Å². The largest absolute Gasteiger partial charge is 0.385 e. The summed E-state index contributed by atoms with van der Waals surface area (Å²) in [5.41, 5.74) is 1.43. The average molecular weight is 335 g/mol. The first-order valence-electron chi connectivity index (χ1n) is 7.29. The van der Waals surface area contributed by atoms with Crippen LogP contribution in [0.15, 0.2) is 47.5 Å². The molecular weight excluding hydrogens is 314 g/mol. The molecule has 0 radical (unpaired) electrons. The van der Waals surface area contributed by atoms with E-state index in [-0.39, 0.29) is 4.90 Å². The van der Waals surface area contributed by atoms with Crippen molar-refractivity contribution in [3.8, 4) is 0 Å². The molecule has 0 atom stereocenters. The number of anilines is 2. The van der Waals surface area contributed by atoms with E-state index in [0.717, 1.165) is 18.5 Å². The van der Waals surface area contributed by atoms with Crippen molar-refractivity contribution < 1.29 is 13.2 Å². The van der Waals surface area contributed by atoms with Crippen LogP contribution in [0.5, 0.6) is 0 Å². The zero-order valence-electron chi connectivity index (χ0n) is 13.2. The Labute approximate surface area is 137 Å². The van der Waals surface area contributed by atoms with Crippen LogP contribution in [0.2, 0.25) is 0 Å². The van der Waals surface area contributed by atoms with Gasteiger partial charge in [0.2, 0.25) is 0 Å². The van der Waals surface area contributed by atoms with E-state index in [1.165, 1.54) is 6.20 Å². The molecule has 0 fully saturated rings. The summed E-state index contributed by atoms with van der Waals surface area (Å²) in [6.45, 7) is 3.34. The molecule has 0 aliphatic heterocycles. The second-order valence-electron chi connectivity index (χ2n) is 5.12. The number of ether oxygens (including phenoxy) is 1. The van der Waals surface area contributed by atoms with Crippen LogP contribution in [-0.2, 0) is 14.8 Å². The van der Waals surface area contributed by atoms with E-state index < -0.39 is 10.0 Å². The van der Waals surface area contributed by atoms with Gasteiger partial charge in [0.15, 0.2) is 0 Å². The predicted octanol–water partition coefficient (Wildman–Crippen LogP) is 2.64. The molecule has 0 bridgehead atoms. The molecule has 7 heteroatoms. The highest BCUT2D eigenvalue weighted by atomic mass is 32.2. The molecule has 0 spiro atoms. The van der Waals surface area contributed by atoms with Crippen LogP contribution in [-0.4, -0.2) is 33.7 Å². The van der Waals surface area contributed by atoms with E-state index >= 15 is 0 Å². The van der Waals surface area contributed by atoms with Crippen LogP contribution in [0.3, 0.4) is 0 Å². The minimum Gasteiger partial charge on any atom is -0.385 e. The fourth-order valence-corrected chi connectivity index (χ4v) is 2.97. The summed E-state index contributed by atoms with van der Waals surface area (Å²) in [7, 11) is -1.93. The van der Waals surface area contributed by atoms with Crippen molar-refractivity contribution in [1.29, 1.82) is 0 Å². The molecule has 2 N–H and O–H groups in total. The number of aryl methyl sites for hydroxylation is 1. The molecule has 6 nitrogen and oxygen atoms in total. The Morgan fingerprint density at radius 1 is 1.13 bits per heavy atom. The summed E-state index contributed by atoms with van der Waals surface area (Å²) in [6.07, 6.45) is 2.37. The summed E-state index contributed by atoms with van der Waals surface area (Å²) >= 11 is 0. The highest BCUT2D eigenvalue weighted by Gasteiger charge is 2.13. The van der Waals surface area contributed by atoms with Gasteiger partial charge in [0.1, 0.15) is 5.82 Å². The molecular formula is C16H21N3O3S. The van der Waals surface area contributed by atoms with Crippen LogP contribution in [0.4, 0.5) is 11.5 Å². The zero-order chi connectivity index (χ0) is 16.7. The lowest BCUT2D eigenvalue weighted by Crippen LogP contribution is -2.13. The van der Waals surface area contributed by atoms with E-state index in [1.807, 2.05) is 6.92 Å². The van der Waals surface area contributed by atoms with Gasteiger partial charge < -0.3 is 10.1 Å². The van der Waals surface area contributed by atoms with Gasteiger partial charge in [0.05, 0.1) is 16.8 Å². The summed E-state index contributed by atoms with van der Waals surface area (Å²) in [5.74, 6) is 0.694. The van der Waals surface area contributed by atoms with Gasteiger partial charge in [-0.15, -0.1) is 0 Å². The van der Waals surface area contributed by atoms with Gasteiger partial charge >= 0.3 is 0 Å². The number of hydrogen-bond acceptors (Lipinski definition) is 5. The summed E-state index contributed by atoms with van der Waals surface area (Å²) in [6, 6.07) is 10.1. The van der Waals surface area contributed by atoms with Crippen molar-refractivity contribution in [1.82, 2.24) is 4.98 Å². The molecule has 2 aromatic rings. The van der Waals surface area contributed by atoms with Crippen molar-refractivity contribution >= 4 is 21.5 Å². The highest BCUT2D eigenvalue weighted by molar-refractivity contribution is 7.92. The van der Waals surface area contributed by atoms with Crippen LogP contribution >= 0.6 is 0 Å². The molecule has 0 aliphatic carbocycles. The lowest BCUT2D eigenvalue weighted by atomic mass is 10.2. The van der Waals surface area contributed by atoms with Crippen molar-refractivity contribution in [2.45, 2.75) is 18.2 Å². The maximum Gasteiger partial charge on any atom is 0.261 e. The number of nitrogens with one attached hydrogen (secondary N) is 2. The number of sulfonamides is 1. The average Bonchev–Trinajstić information content (AvgIpc) is 2.53. The first-order valence-corrected chi connectivity index (χ1v) is 8.78. The SMILES string of the molecule is COCCCNc1ccc(NS(=O)(=O)c2ccc(C)cc2)cn1. The standard InChI is InChI=1S/C16H21N3O3S/c1-13-4-7-15(8-5-13)23(20,21)19-14-6-9-16(18-12-14)17-10-3-11-22-2/h4-9,12,19H,3,10-11H2,1-2H3,(H,17,18). The van der Waals surface area contributed by atoms with Crippen molar-refractivity contribution in [2.75, 3.05) is 30.3 Å². The molecule has 0 saturated heterocycles. The maximum atomic E-state index is 12.3.